The van der Waals surface area contributed by atoms with Gasteiger partial charge in [-0.15, -0.1) is 11.6 Å². The number of nitrogens with zero attached hydrogens (tertiary/aromatic N) is 1. The van der Waals surface area contributed by atoms with E-state index in [0.717, 1.165) is 42.4 Å². The Morgan fingerprint density at radius 2 is 1.94 bits per heavy atom. The van der Waals surface area contributed by atoms with Crippen LogP contribution >= 0.6 is 11.6 Å². The summed E-state index contributed by atoms with van der Waals surface area (Å²) in [6.07, 6.45) is 9.23. The number of rotatable bonds is 6. The zero-order chi connectivity index (χ0) is 22.4. The van der Waals surface area contributed by atoms with Crippen LogP contribution in [0.1, 0.15) is 60.4 Å². The largest absolute Gasteiger partial charge is 0.493 e. The summed E-state index contributed by atoms with van der Waals surface area (Å²) in [4.78, 5) is 2.62. The van der Waals surface area contributed by atoms with Gasteiger partial charge in [-0.25, -0.2) is 0 Å². The molecule has 1 aliphatic carbocycles. The first-order valence-corrected chi connectivity index (χ1v) is 12.6. The van der Waals surface area contributed by atoms with E-state index in [1.54, 1.807) is 7.11 Å². The lowest BCUT2D eigenvalue weighted by atomic mass is 9.80. The number of hydrogen-bond acceptors (Lipinski definition) is 5. The van der Waals surface area contributed by atoms with E-state index in [0.29, 0.717) is 25.2 Å². The molecule has 3 heterocycles. The van der Waals surface area contributed by atoms with Crippen molar-refractivity contribution in [2.45, 2.75) is 44.6 Å². The molecule has 174 valence electrons. The van der Waals surface area contributed by atoms with Crippen LogP contribution in [0.25, 0.3) is 11.8 Å². The number of hydrogen-bond donors (Lipinski definition) is 0. The smallest absolute Gasteiger partial charge is 0.231 e. The highest BCUT2D eigenvalue weighted by Crippen LogP contribution is 2.54. The molecule has 33 heavy (non-hydrogen) atoms. The summed E-state index contributed by atoms with van der Waals surface area (Å²) in [5.41, 5.74) is 6.40. The summed E-state index contributed by atoms with van der Waals surface area (Å²) >= 11 is 5.95. The Labute approximate surface area is 200 Å². The maximum absolute atomic E-state index is 6.36. The molecule has 0 N–H and O–H groups in total. The zero-order valence-corrected chi connectivity index (χ0v) is 19.8. The highest BCUT2D eigenvalue weighted by Gasteiger charge is 2.41. The highest BCUT2D eigenvalue weighted by molar-refractivity contribution is 6.17. The first-order chi connectivity index (χ1) is 16.3. The molecule has 4 aliphatic rings. The maximum atomic E-state index is 6.36. The Balaban J connectivity index is 1.51. The van der Waals surface area contributed by atoms with Gasteiger partial charge in [0.25, 0.3) is 0 Å². The Morgan fingerprint density at radius 3 is 2.73 bits per heavy atom. The minimum Gasteiger partial charge on any atom is -0.493 e. The average Bonchev–Trinajstić information content (AvgIpc) is 3.53. The van der Waals surface area contributed by atoms with Crippen LogP contribution in [-0.4, -0.2) is 37.8 Å². The third kappa shape index (κ3) is 3.52. The van der Waals surface area contributed by atoms with Crippen LogP contribution in [0.3, 0.4) is 0 Å². The number of halogens is 1. The van der Waals surface area contributed by atoms with Crippen molar-refractivity contribution in [2.75, 3.05) is 32.9 Å². The Bertz CT molecular complexity index is 1090. The van der Waals surface area contributed by atoms with Crippen LogP contribution in [0.15, 0.2) is 24.3 Å². The van der Waals surface area contributed by atoms with Crippen LogP contribution in [0.2, 0.25) is 0 Å². The fourth-order valence-electron chi connectivity index (χ4n) is 6.03. The fraction of sp³-hybridized carbons (Fsp3) is 0.481. The van der Waals surface area contributed by atoms with Gasteiger partial charge in [-0.05, 0) is 67.0 Å². The minimum absolute atomic E-state index is 0.280. The second-order valence-electron chi connectivity index (χ2n) is 9.32. The van der Waals surface area contributed by atoms with Gasteiger partial charge in [0.1, 0.15) is 0 Å². The van der Waals surface area contributed by atoms with Gasteiger partial charge in [0.2, 0.25) is 6.79 Å². The number of alkyl halides is 1. The first-order valence-electron chi connectivity index (χ1n) is 12.1. The van der Waals surface area contributed by atoms with E-state index in [4.69, 9.17) is 30.5 Å². The molecule has 2 aromatic rings. The third-order valence-electron chi connectivity index (χ3n) is 7.51. The van der Waals surface area contributed by atoms with E-state index in [1.807, 2.05) is 6.07 Å². The molecule has 0 aromatic heterocycles. The molecule has 1 atom stereocenters. The average molecular weight is 468 g/mol. The van der Waals surface area contributed by atoms with E-state index in [2.05, 4.69) is 29.2 Å². The third-order valence-corrected chi connectivity index (χ3v) is 7.78. The summed E-state index contributed by atoms with van der Waals surface area (Å²) in [6.45, 7) is 1.88. The lowest BCUT2D eigenvalue weighted by Crippen LogP contribution is -2.39. The molecule has 0 spiro atoms. The van der Waals surface area contributed by atoms with Crippen molar-refractivity contribution < 1.29 is 18.9 Å². The zero-order valence-electron chi connectivity index (χ0n) is 19.1. The maximum Gasteiger partial charge on any atom is 0.231 e. The summed E-state index contributed by atoms with van der Waals surface area (Å²) in [5.74, 6) is 4.61. The Hall–Kier alpha value is -2.53. The standard InChI is InChI=1S/C27H30ClNO4/c1-30-22-8-7-19-13-21-20-15-24-23(32-16-33-24)14-18(20)9-11-29(21)26(17-5-2-3-6-17)25(19)27(22)31-12-4-10-28/h7-8,13-15,17,26H,2-6,9-12,16H2,1H3/t26-/m0/s1. The minimum atomic E-state index is 0.280. The van der Waals surface area contributed by atoms with Crippen molar-refractivity contribution in [1.82, 2.24) is 4.90 Å². The van der Waals surface area contributed by atoms with E-state index in [1.165, 1.54) is 53.6 Å². The number of methoxy groups -OCH3 is 1. The van der Waals surface area contributed by atoms with Crippen LogP contribution in [-0.2, 0) is 6.42 Å². The number of benzene rings is 2. The topological polar surface area (TPSA) is 40.2 Å². The fourth-order valence-corrected chi connectivity index (χ4v) is 6.13. The second kappa shape index (κ2) is 8.68. The Kier molecular flexibility index (Phi) is 5.53. The molecule has 1 fully saturated rings. The van der Waals surface area contributed by atoms with Crippen LogP contribution < -0.4 is 18.9 Å². The molecule has 5 nitrogen and oxygen atoms in total. The van der Waals surface area contributed by atoms with Crippen molar-refractivity contribution >= 4 is 23.4 Å². The molecular formula is C27H30ClNO4. The second-order valence-corrected chi connectivity index (χ2v) is 9.69. The lowest BCUT2D eigenvalue weighted by molar-refractivity contribution is 0.174. The summed E-state index contributed by atoms with van der Waals surface area (Å²) in [7, 11) is 1.73. The normalized spacial score (nSPS) is 20.7. The van der Waals surface area contributed by atoms with Gasteiger partial charge < -0.3 is 23.8 Å². The predicted molar refractivity (Wildman–Crippen MR) is 129 cm³/mol. The highest BCUT2D eigenvalue weighted by atomic mass is 35.5. The molecule has 0 radical (unpaired) electrons. The molecule has 1 saturated carbocycles. The van der Waals surface area contributed by atoms with E-state index < -0.39 is 0 Å². The molecule has 0 bridgehead atoms. The van der Waals surface area contributed by atoms with Crippen molar-refractivity contribution in [3.8, 4) is 23.0 Å². The van der Waals surface area contributed by atoms with Gasteiger partial charge in [0.15, 0.2) is 23.0 Å². The number of fused-ring (bicyclic) bond motifs is 5. The SMILES string of the molecule is COc1ccc2c(c1OCCCCl)[C@H](C1CCCC1)N1CCc3cc4c(cc3C1=C2)OCO4. The van der Waals surface area contributed by atoms with Crippen molar-refractivity contribution in [1.29, 1.82) is 0 Å². The Morgan fingerprint density at radius 1 is 1.12 bits per heavy atom. The summed E-state index contributed by atoms with van der Waals surface area (Å²) in [6, 6.07) is 8.85. The lowest BCUT2D eigenvalue weighted by Gasteiger charge is -2.46. The van der Waals surface area contributed by atoms with E-state index >= 15 is 0 Å². The van der Waals surface area contributed by atoms with Gasteiger partial charge in [0.05, 0.1) is 19.8 Å². The monoisotopic (exact) mass is 467 g/mol. The molecule has 0 saturated heterocycles. The molecule has 2 aromatic carbocycles. The number of ether oxygens (including phenoxy) is 4. The van der Waals surface area contributed by atoms with Crippen molar-refractivity contribution in [3.05, 3.63) is 46.5 Å². The van der Waals surface area contributed by atoms with Crippen LogP contribution in [0.5, 0.6) is 23.0 Å². The molecular weight excluding hydrogens is 438 g/mol. The first kappa shape index (κ1) is 21.0. The van der Waals surface area contributed by atoms with Gasteiger partial charge in [0, 0.05) is 29.2 Å². The molecule has 3 aliphatic heterocycles. The van der Waals surface area contributed by atoms with Gasteiger partial charge in [-0.2, -0.15) is 0 Å². The molecule has 6 rings (SSSR count). The van der Waals surface area contributed by atoms with E-state index in [9.17, 15) is 0 Å². The molecule has 0 amide bonds. The predicted octanol–water partition coefficient (Wildman–Crippen LogP) is 6.03. The van der Waals surface area contributed by atoms with Gasteiger partial charge in [-0.1, -0.05) is 18.9 Å². The van der Waals surface area contributed by atoms with Crippen molar-refractivity contribution in [2.24, 2.45) is 5.92 Å². The summed E-state index contributed by atoms with van der Waals surface area (Å²) < 4.78 is 23.5. The quantitative estimate of drug-likeness (QED) is 0.383. The van der Waals surface area contributed by atoms with Crippen LogP contribution in [0.4, 0.5) is 0 Å². The molecule has 6 heteroatoms. The van der Waals surface area contributed by atoms with Gasteiger partial charge in [-0.3, -0.25) is 0 Å². The van der Waals surface area contributed by atoms with Crippen molar-refractivity contribution in [3.63, 3.8) is 0 Å². The molecule has 0 unspecified atom stereocenters. The summed E-state index contributed by atoms with van der Waals surface area (Å²) in [5, 5.41) is 0. The van der Waals surface area contributed by atoms with E-state index in [-0.39, 0.29) is 6.04 Å². The van der Waals surface area contributed by atoms with Crippen LogP contribution in [0, 0.1) is 5.92 Å². The van der Waals surface area contributed by atoms with Gasteiger partial charge >= 0.3 is 0 Å².